The summed E-state index contributed by atoms with van der Waals surface area (Å²) in [7, 11) is 3.06. The summed E-state index contributed by atoms with van der Waals surface area (Å²) < 4.78 is 25.0. The summed E-state index contributed by atoms with van der Waals surface area (Å²) in [4.78, 5) is 12.3. The molecule has 0 unspecified atom stereocenters. The highest BCUT2D eigenvalue weighted by molar-refractivity contribution is 6.00. The molecule has 3 aromatic rings. The van der Waals surface area contributed by atoms with E-state index in [4.69, 9.17) is 9.47 Å². The summed E-state index contributed by atoms with van der Waals surface area (Å²) in [6, 6.07) is 10.8. The van der Waals surface area contributed by atoms with Gasteiger partial charge >= 0.3 is 6.03 Å². The van der Waals surface area contributed by atoms with Crippen molar-refractivity contribution in [2.24, 2.45) is 0 Å². The maximum absolute atomic E-state index is 13.0. The van der Waals surface area contributed by atoms with Crippen LogP contribution in [0.25, 0.3) is 0 Å². The lowest BCUT2D eigenvalue weighted by atomic mass is 10.2. The van der Waals surface area contributed by atoms with Gasteiger partial charge in [0.05, 0.1) is 38.3 Å². The molecule has 0 saturated carbocycles. The second kappa shape index (κ2) is 8.22. The number of carbonyl (C=O) groups is 1. The predicted octanol–water partition coefficient (Wildman–Crippen LogP) is 3.73. The molecule has 0 fully saturated rings. The first-order valence-corrected chi connectivity index (χ1v) is 8.14. The van der Waals surface area contributed by atoms with Gasteiger partial charge in [0.25, 0.3) is 0 Å². The minimum Gasteiger partial charge on any atom is -0.497 e. The molecule has 0 bridgehead atoms. The van der Waals surface area contributed by atoms with Crippen LogP contribution >= 0.6 is 0 Å². The van der Waals surface area contributed by atoms with Gasteiger partial charge in [0.15, 0.2) is 0 Å². The van der Waals surface area contributed by atoms with Gasteiger partial charge in [-0.2, -0.15) is 5.10 Å². The molecule has 140 valence electrons. The predicted molar refractivity (Wildman–Crippen MR) is 99.9 cm³/mol. The van der Waals surface area contributed by atoms with E-state index in [2.05, 4.69) is 15.7 Å². The van der Waals surface area contributed by atoms with Crippen molar-refractivity contribution in [1.29, 1.82) is 0 Å². The van der Waals surface area contributed by atoms with Gasteiger partial charge in [0, 0.05) is 12.3 Å². The van der Waals surface area contributed by atoms with Crippen molar-refractivity contribution in [3.05, 3.63) is 66.2 Å². The Balaban J connectivity index is 1.63. The maximum Gasteiger partial charge on any atom is 0.323 e. The van der Waals surface area contributed by atoms with Crippen LogP contribution in [0.15, 0.2) is 54.9 Å². The van der Waals surface area contributed by atoms with Gasteiger partial charge < -0.3 is 20.1 Å². The molecule has 2 amide bonds. The Morgan fingerprint density at radius 3 is 2.59 bits per heavy atom. The fraction of sp³-hybridized carbons (Fsp3) is 0.158. The van der Waals surface area contributed by atoms with Gasteiger partial charge in [-0.25, -0.2) is 9.18 Å². The summed E-state index contributed by atoms with van der Waals surface area (Å²) in [6.45, 7) is 0.466. The highest BCUT2D eigenvalue weighted by Crippen LogP contribution is 2.29. The number of ether oxygens (including phenoxy) is 2. The normalized spacial score (nSPS) is 10.3. The van der Waals surface area contributed by atoms with Gasteiger partial charge in [-0.3, -0.25) is 4.68 Å². The van der Waals surface area contributed by atoms with Crippen LogP contribution in [-0.2, 0) is 6.54 Å². The summed E-state index contributed by atoms with van der Waals surface area (Å²) in [5, 5.41) is 9.61. The van der Waals surface area contributed by atoms with Crippen molar-refractivity contribution in [3.63, 3.8) is 0 Å². The van der Waals surface area contributed by atoms with Crippen LogP contribution in [-0.4, -0.2) is 30.0 Å². The molecule has 0 aliphatic carbocycles. The van der Waals surface area contributed by atoms with E-state index in [9.17, 15) is 9.18 Å². The fourth-order valence-corrected chi connectivity index (χ4v) is 2.49. The van der Waals surface area contributed by atoms with Crippen molar-refractivity contribution < 1.29 is 18.7 Å². The number of hydrogen-bond donors (Lipinski definition) is 2. The quantitative estimate of drug-likeness (QED) is 0.693. The van der Waals surface area contributed by atoms with E-state index in [1.54, 1.807) is 48.3 Å². The molecule has 0 radical (unpaired) electrons. The number of urea groups is 1. The second-order valence-electron chi connectivity index (χ2n) is 5.70. The average Bonchev–Trinajstić information content (AvgIpc) is 3.10. The zero-order chi connectivity index (χ0) is 19.2. The number of anilines is 2. The molecule has 0 atom stereocenters. The lowest BCUT2D eigenvalue weighted by molar-refractivity contribution is 0.262. The number of nitrogens with one attached hydrogen (secondary N) is 2. The zero-order valence-corrected chi connectivity index (χ0v) is 14.9. The molecule has 27 heavy (non-hydrogen) atoms. The molecular weight excluding hydrogens is 351 g/mol. The van der Waals surface area contributed by atoms with E-state index in [0.717, 1.165) is 5.56 Å². The molecule has 1 heterocycles. The Bertz CT molecular complexity index is 925. The third-order valence-electron chi connectivity index (χ3n) is 3.80. The van der Waals surface area contributed by atoms with Crippen LogP contribution in [0.5, 0.6) is 11.5 Å². The third-order valence-corrected chi connectivity index (χ3v) is 3.80. The Labute approximate surface area is 155 Å². The number of rotatable bonds is 6. The number of aromatic nitrogens is 2. The van der Waals surface area contributed by atoms with E-state index in [1.165, 1.54) is 25.4 Å². The number of hydrogen-bond acceptors (Lipinski definition) is 4. The van der Waals surface area contributed by atoms with Crippen LogP contribution in [0.1, 0.15) is 5.56 Å². The zero-order valence-electron chi connectivity index (χ0n) is 14.9. The number of methoxy groups -OCH3 is 2. The molecule has 2 aromatic carbocycles. The summed E-state index contributed by atoms with van der Waals surface area (Å²) in [5.41, 5.74) is 1.90. The van der Waals surface area contributed by atoms with Gasteiger partial charge in [-0.05, 0) is 29.8 Å². The summed E-state index contributed by atoms with van der Waals surface area (Å²) in [6.07, 6.45) is 3.22. The molecule has 0 aliphatic rings. The lowest BCUT2D eigenvalue weighted by Crippen LogP contribution is -2.19. The summed E-state index contributed by atoms with van der Waals surface area (Å²) in [5.74, 6) is 0.822. The first-order valence-electron chi connectivity index (χ1n) is 8.14. The largest absolute Gasteiger partial charge is 0.497 e. The molecule has 0 spiro atoms. The fourth-order valence-electron chi connectivity index (χ4n) is 2.49. The van der Waals surface area contributed by atoms with Gasteiger partial charge in [0.1, 0.15) is 17.3 Å². The van der Waals surface area contributed by atoms with Crippen molar-refractivity contribution in [2.75, 3.05) is 24.9 Å². The highest BCUT2D eigenvalue weighted by atomic mass is 19.1. The van der Waals surface area contributed by atoms with Crippen LogP contribution in [0, 0.1) is 5.82 Å². The van der Waals surface area contributed by atoms with Crippen molar-refractivity contribution in [1.82, 2.24) is 9.78 Å². The third kappa shape index (κ3) is 4.75. The van der Waals surface area contributed by atoms with Crippen LogP contribution in [0.3, 0.4) is 0 Å². The van der Waals surface area contributed by atoms with E-state index < -0.39 is 6.03 Å². The average molecular weight is 370 g/mol. The molecular formula is C19H19FN4O3. The second-order valence-corrected chi connectivity index (χ2v) is 5.70. The first kappa shape index (κ1) is 18.2. The number of nitrogens with zero attached hydrogens (tertiary/aromatic N) is 2. The number of carbonyl (C=O) groups excluding carboxylic acids is 1. The number of amides is 2. The Kier molecular flexibility index (Phi) is 5.55. The first-order chi connectivity index (χ1) is 13.1. The topological polar surface area (TPSA) is 77.4 Å². The van der Waals surface area contributed by atoms with Gasteiger partial charge in [0.2, 0.25) is 0 Å². The van der Waals surface area contributed by atoms with Crippen LogP contribution in [0.4, 0.5) is 20.6 Å². The van der Waals surface area contributed by atoms with E-state index >= 15 is 0 Å². The molecule has 7 nitrogen and oxygen atoms in total. The SMILES string of the molecule is COc1ccc(OC)c(NC(=O)Nc2cnn(Cc3ccc(F)cc3)c2)c1. The van der Waals surface area contributed by atoms with E-state index in [1.807, 2.05) is 0 Å². The van der Waals surface area contributed by atoms with Crippen LogP contribution in [0.2, 0.25) is 0 Å². The number of benzene rings is 2. The highest BCUT2D eigenvalue weighted by Gasteiger charge is 2.10. The van der Waals surface area contributed by atoms with Crippen molar-refractivity contribution >= 4 is 17.4 Å². The van der Waals surface area contributed by atoms with E-state index in [-0.39, 0.29) is 5.82 Å². The Morgan fingerprint density at radius 2 is 1.89 bits per heavy atom. The van der Waals surface area contributed by atoms with Crippen molar-refractivity contribution in [2.45, 2.75) is 6.54 Å². The Hall–Kier alpha value is -3.55. The molecule has 2 N–H and O–H groups in total. The van der Waals surface area contributed by atoms with Gasteiger partial charge in [-0.15, -0.1) is 0 Å². The van der Waals surface area contributed by atoms with Crippen LogP contribution < -0.4 is 20.1 Å². The lowest BCUT2D eigenvalue weighted by Gasteiger charge is -2.11. The molecule has 3 rings (SSSR count). The minimum atomic E-state index is -0.442. The molecule has 0 saturated heterocycles. The minimum absolute atomic E-state index is 0.286. The van der Waals surface area contributed by atoms with Gasteiger partial charge in [-0.1, -0.05) is 12.1 Å². The van der Waals surface area contributed by atoms with Crippen molar-refractivity contribution in [3.8, 4) is 11.5 Å². The smallest absolute Gasteiger partial charge is 0.323 e. The van der Waals surface area contributed by atoms with E-state index in [0.29, 0.717) is 29.4 Å². The standard InChI is InChI=1S/C19H19FN4O3/c1-26-16-7-8-18(27-2)17(9-16)23-19(25)22-15-10-21-24(12-15)11-13-3-5-14(20)6-4-13/h3-10,12H,11H2,1-2H3,(H2,22,23,25). The summed E-state index contributed by atoms with van der Waals surface area (Å²) >= 11 is 0. The number of halogens is 1. The monoisotopic (exact) mass is 370 g/mol. The molecule has 0 aliphatic heterocycles. The molecule has 8 heteroatoms. The maximum atomic E-state index is 13.0. The Morgan fingerprint density at radius 1 is 1.11 bits per heavy atom. The molecule has 1 aromatic heterocycles.